The molecule has 0 aromatic heterocycles. The molecular formula is C7H6NO4. The molecule has 5 heteroatoms. The van der Waals surface area contributed by atoms with Gasteiger partial charge in [-0.2, -0.15) is 0 Å². The minimum Gasteiger partial charge on any atom is -0.496 e. The van der Waals surface area contributed by atoms with Crippen molar-refractivity contribution >= 4 is 5.69 Å². The zero-order valence-corrected chi connectivity index (χ0v) is 6.31. The summed E-state index contributed by atoms with van der Waals surface area (Å²) in [5.41, 5.74) is -0.464. The number of nitrogens with zero attached hydrogens (tertiary/aromatic N) is 1. The lowest BCUT2D eigenvalue weighted by molar-refractivity contribution is -0.386. The number of nitro groups is 1. The largest absolute Gasteiger partial charge is 0.496 e. The number of hydrogen-bond acceptors (Lipinski definition) is 3. The van der Waals surface area contributed by atoms with Crippen LogP contribution in [0.15, 0.2) is 18.2 Å². The second kappa shape index (κ2) is 3.08. The number of methoxy groups -OCH3 is 1. The van der Waals surface area contributed by atoms with E-state index in [1.807, 2.05) is 0 Å². The van der Waals surface area contributed by atoms with Gasteiger partial charge in [-0.15, -0.1) is 0 Å². The lowest BCUT2D eigenvalue weighted by atomic mass is 10.3. The average molecular weight is 168 g/mol. The molecule has 0 unspecified atom stereocenters. The van der Waals surface area contributed by atoms with Crippen LogP contribution in [-0.2, 0) is 5.11 Å². The Morgan fingerprint density at radius 1 is 1.50 bits per heavy atom. The smallest absolute Gasteiger partial charge is 0.319 e. The highest BCUT2D eigenvalue weighted by Crippen LogP contribution is 2.29. The SMILES string of the molecule is COc1ccc([O])c([N+](=O)[O-])c1. The van der Waals surface area contributed by atoms with Gasteiger partial charge in [0.25, 0.3) is 5.75 Å². The summed E-state index contributed by atoms with van der Waals surface area (Å²) in [6, 6.07) is 3.59. The van der Waals surface area contributed by atoms with E-state index in [9.17, 15) is 15.2 Å². The molecule has 0 atom stereocenters. The highest BCUT2D eigenvalue weighted by molar-refractivity contribution is 5.49. The van der Waals surface area contributed by atoms with E-state index >= 15 is 0 Å². The van der Waals surface area contributed by atoms with Crippen molar-refractivity contribution in [2.75, 3.05) is 7.11 Å². The highest BCUT2D eigenvalue weighted by atomic mass is 16.6. The first-order valence-corrected chi connectivity index (χ1v) is 3.14. The average Bonchev–Trinajstić information content (AvgIpc) is 2.05. The first-order valence-electron chi connectivity index (χ1n) is 3.14. The van der Waals surface area contributed by atoms with E-state index in [2.05, 4.69) is 0 Å². The molecule has 0 spiro atoms. The number of ether oxygens (including phenoxy) is 1. The van der Waals surface area contributed by atoms with Crippen molar-refractivity contribution in [2.45, 2.75) is 0 Å². The monoisotopic (exact) mass is 168 g/mol. The summed E-state index contributed by atoms with van der Waals surface area (Å²) in [7, 11) is 1.38. The predicted octanol–water partition coefficient (Wildman–Crippen LogP) is 1.75. The van der Waals surface area contributed by atoms with E-state index in [1.54, 1.807) is 0 Å². The van der Waals surface area contributed by atoms with Crippen molar-refractivity contribution in [3.05, 3.63) is 28.3 Å². The zero-order valence-electron chi connectivity index (χ0n) is 6.31. The Bertz CT molecular complexity index is 310. The fourth-order valence-corrected chi connectivity index (χ4v) is 0.767. The van der Waals surface area contributed by atoms with E-state index in [-0.39, 0.29) is 0 Å². The molecule has 0 N–H and O–H groups in total. The van der Waals surface area contributed by atoms with Gasteiger partial charge in [-0.1, -0.05) is 0 Å². The van der Waals surface area contributed by atoms with Gasteiger partial charge in [-0.25, -0.2) is 0 Å². The second-order valence-electron chi connectivity index (χ2n) is 2.09. The minimum absolute atomic E-state index is 0.307. The lowest BCUT2D eigenvalue weighted by Crippen LogP contribution is -1.89. The van der Waals surface area contributed by atoms with E-state index in [0.717, 1.165) is 12.1 Å². The summed E-state index contributed by atoms with van der Waals surface area (Å²) in [6.07, 6.45) is 0. The van der Waals surface area contributed by atoms with Gasteiger partial charge >= 0.3 is 5.69 Å². The van der Waals surface area contributed by atoms with Crippen LogP contribution in [0.1, 0.15) is 0 Å². The number of rotatable bonds is 2. The van der Waals surface area contributed by atoms with Crippen molar-refractivity contribution in [3.8, 4) is 11.5 Å². The van der Waals surface area contributed by atoms with Crippen LogP contribution in [-0.4, -0.2) is 12.0 Å². The Morgan fingerprint density at radius 3 is 2.67 bits per heavy atom. The maximum Gasteiger partial charge on any atom is 0.319 e. The van der Waals surface area contributed by atoms with Crippen LogP contribution >= 0.6 is 0 Å². The summed E-state index contributed by atoms with van der Waals surface area (Å²) >= 11 is 0. The van der Waals surface area contributed by atoms with Gasteiger partial charge in [-0.05, 0) is 12.1 Å². The molecule has 0 bridgehead atoms. The molecule has 5 nitrogen and oxygen atoms in total. The third-order valence-electron chi connectivity index (χ3n) is 1.36. The molecule has 1 aromatic carbocycles. The Balaban J connectivity index is 3.17. The molecular weight excluding hydrogens is 162 g/mol. The summed E-state index contributed by atoms with van der Waals surface area (Å²) in [5, 5.41) is 21.1. The van der Waals surface area contributed by atoms with E-state index in [0.29, 0.717) is 5.75 Å². The topological polar surface area (TPSA) is 72.3 Å². The second-order valence-corrected chi connectivity index (χ2v) is 2.09. The number of hydrogen-bond donors (Lipinski definition) is 0. The Morgan fingerprint density at radius 2 is 2.17 bits per heavy atom. The Kier molecular flexibility index (Phi) is 2.14. The van der Waals surface area contributed by atoms with Crippen LogP contribution in [0.3, 0.4) is 0 Å². The minimum atomic E-state index is -0.731. The summed E-state index contributed by atoms with van der Waals surface area (Å²) in [4.78, 5) is 9.51. The van der Waals surface area contributed by atoms with Gasteiger partial charge in [0.15, 0.2) is 0 Å². The van der Waals surface area contributed by atoms with Crippen LogP contribution < -0.4 is 4.74 Å². The zero-order chi connectivity index (χ0) is 9.14. The quantitative estimate of drug-likeness (QED) is 0.498. The molecule has 1 aromatic rings. The van der Waals surface area contributed by atoms with Gasteiger partial charge in [0.2, 0.25) is 0 Å². The maximum absolute atomic E-state index is 10.8. The normalized spacial score (nSPS) is 9.42. The van der Waals surface area contributed by atoms with E-state index < -0.39 is 16.4 Å². The summed E-state index contributed by atoms with van der Waals surface area (Å²) < 4.78 is 4.72. The van der Waals surface area contributed by atoms with Gasteiger partial charge < -0.3 is 4.74 Å². The Labute approximate surface area is 68.4 Å². The molecule has 0 saturated heterocycles. The van der Waals surface area contributed by atoms with Gasteiger partial charge in [-0.3, -0.25) is 15.2 Å². The molecule has 1 rings (SSSR count). The van der Waals surface area contributed by atoms with Crippen LogP contribution in [0.25, 0.3) is 0 Å². The fraction of sp³-hybridized carbons (Fsp3) is 0.143. The predicted molar refractivity (Wildman–Crippen MR) is 39.8 cm³/mol. The molecule has 0 aliphatic heterocycles. The van der Waals surface area contributed by atoms with Crippen LogP contribution in [0.2, 0.25) is 0 Å². The molecule has 0 saturated carbocycles. The molecule has 0 aliphatic carbocycles. The lowest BCUT2D eigenvalue weighted by Gasteiger charge is -1.98. The fourth-order valence-electron chi connectivity index (χ4n) is 0.767. The van der Waals surface area contributed by atoms with E-state index in [4.69, 9.17) is 4.74 Å². The van der Waals surface area contributed by atoms with Gasteiger partial charge in [0.1, 0.15) is 5.75 Å². The Hall–Kier alpha value is -1.78. The molecule has 0 fully saturated rings. The van der Waals surface area contributed by atoms with Gasteiger partial charge in [0.05, 0.1) is 18.1 Å². The first kappa shape index (κ1) is 8.32. The molecule has 12 heavy (non-hydrogen) atoms. The van der Waals surface area contributed by atoms with E-state index in [1.165, 1.54) is 13.2 Å². The third kappa shape index (κ3) is 1.45. The summed E-state index contributed by atoms with van der Waals surface area (Å²) in [6.45, 7) is 0. The number of benzene rings is 1. The molecule has 0 amide bonds. The van der Waals surface area contributed by atoms with Crippen molar-refractivity contribution in [2.24, 2.45) is 0 Å². The van der Waals surface area contributed by atoms with Crippen LogP contribution in [0, 0.1) is 10.1 Å². The maximum atomic E-state index is 10.8. The van der Waals surface area contributed by atoms with Crippen LogP contribution in [0.5, 0.6) is 11.5 Å². The standard InChI is InChI=1S/C7H6NO4/c1-12-5-2-3-7(9)6(4-5)8(10)11/h2-4H,1H3. The third-order valence-corrected chi connectivity index (χ3v) is 1.36. The molecule has 0 heterocycles. The van der Waals surface area contributed by atoms with Gasteiger partial charge in [0, 0.05) is 0 Å². The first-order chi connectivity index (χ1) is 5.65. The number of nitro benzene ring substituents is 1. The van der Waals surface area contributed by atoms with Crippen molar-refractivity contribution in [3.63, 3.8) is 0 Å². The highest BCUT2D eigenvalue weighted by Gasteiger charge is 2.15. The molecule has 0 aliphatic rings. The van der Waals surface area contributed by atoms with Crippen LogP contribution in [0.4, 0.5) is 5.69 Å². The van der Waals surface area contributed by atoms with Crippen molar-refractivity contribution < 1.29 is 14.8 Å². The van der Waals surface area contributed by atoms with Crippen molar-refractivity contribution in [1.29, 1.82) is 0 Å². The molecule has 1 radical (unpaired) electrons. The summed E-state index contributed by atoms with van der Waals surface area (Å²) in [5.74, 6) is -0.304. The van der Waals surface area contributed by atoms with Crippen molar-refractivity contribution in [1.82, 2.24) is 0 Å². The molecule has 63 valence electrons.